The third-order valence-electron chi connectivity index (χ3n) is 2.08. The fourth-order valence-electron chi connectivity index (χ4n) is 1.30. The topological polar surface area (TPSA) is 38.3 Å². The van der Waals surface area contributed by atoms with Crippen LogP contribution in [0.5, 0.6) is 0 Å². The van der Waals surface area contributed by atoms with Gasteiger partial charge in [-0.25, -0.2) is 9.18 Å². The predicted octanol–water partition coefficient (Wildman–Crippen LogP) is 3.57. The van der Waals surface area contributed by atoms with Gasteiger partial charge < -0.3 is 10.1 Å². The highest BCUT2D eigenvalue weighted by Gasteiger charge is 2.22. The predicted molar refractivity (Wildman–Crippen MR) is 78.0 cm³/mol. The molecule has 0 aliphatic heterocycles. The average molecular weight is 365 g/mol. The second kappa shape index (κ2) is 5.86. The first-order valence-electron chi connectivity index (χ1n) is 5.64. The molecule has 3 nitrogen and oxygen atoms in total. The van der Waals surface area contributed by atoms with Gasteiger partial charge in [0, 0.05) is 0 Å². The van der Waals surface area contributed by atoms with Crippen molar-refractivity contribution in [3.63, 3.8) is 0 Å². The summed E-state index contributed by atoms with van der Waals surface area (Å²) in [6.07, 6.45) is 0. The summed E-state index contributed by atoms with van der Waals surface area (Å²) >= 11 is 1.90. The number of rotatable bonds is 3. The van der Waals surface area contributed by atoms with Crippen LogP contribution in [0, 0.1) is 9.39 Å². The van der Waals surface area contributed by atoms with Crippen LogP contribution in [0.2, 0.25) is 0 Å². The molecule has 1 N–H and O–H groups in total. The van der Waals surface area contributed by atoms with Crippen LogP contribution >= 0.6 is 22.6 Å². The van der Waals surface area contributed by atoms with Crippen LogP contribution in [0.4, 0.5) is 10.1 Å². The summed E-state index contributed by atoms with van der Waals surface area (Å²) < 4.78 is 19.0. The molecule has 1 unspecified atom stereocenters. The van der Waals surface area contributed by atoms with Gasteiger partial charge in [-0.2, -0.15) is 0 Å². The molecule has 0 amide bonds. The number of halogens is 2. The Kier molecular flexibility index (Phi) is 4.95. The second-order valence-corrected chi connectivity index (χ2v) is 6.08. The van der Waals surface area contributed by atoms with Crippen molar-refractivity contribution in [3.05, 3.63) is 27.6 Å². The van der Waals surface area contributed by atoms with Gasteiger partial charge in [-0.05, 0) is 62.4 Å². The van der Waals surface area contributed by atoms with Crippen molar-refractivity contribution >= 4 is 34.2 Å². The zero-order valence-corrected chi connectivity index (χ0v) is 13.0. The maximum absolute atomic E-state index is 13.3. The van der Waals surface area contributed by atoms with Crippen LogP contribution in [0.1, 0.15) is 27.7 Å². The van der Waals surface area contributed by atoms with Crippen molar-refractivity contribution in [2.24, 2.45) is 0 Å². The molecule has 100 valence electrons. The molecule has 0 radical (unpaired) electrons. The van der Waals surface area contributed by atoms with Crippen molar-refractivity contribution in [2.45, 2.75) is 39.3 Å². The zero-order valence-electron chi connectivity index (χ0n) is 10.9. The van der Waals surface area contributed by atoms with E-state index in [9.17, 15) is 9.18 Å². The summed E-state index contributed by atoms with van der Waals surface area (Å²) in [5.74, 6) is -0.667. The molecule has 0 saturated heterocycles. The Hall–Kier alpha value is -0.850. The number of nitrogens with one attached hydrogen (secondary N) is 1. The summed E-state index contributed by atoms with van der Waals surface area (Å²) in [5, 5.41) is 2.95. The number of hydrogen-bond donors (Lipinski definition) is 1. The molecule has 0 aliphatic rings. The summed E-state index contributed by atoms with van der Waals surface area (Å²) in [6, 6.07) is 4.18. The summed E-state index contributed by atoms with van der Waals surface area (Å²) in [4.78, 5) is 11.8. The Labute approximate surface area is 120 Å². The number of anilines is 1. The van der Waals surface area contributed by atoms with Gasteiger partial charge >= 0.3 is 5.97 Å². The number of esters is 1. The quantitative estimate of drug-likeness (QED) is 0.658. The average Bonchev–Trinajstić information content (AvgIpc) is 2.22. The van der Waals surface area contributed by atoms with E-state index in [2.05, 4.69) is 5.32 Å². The van der Waals surface area contributed by atoms with Gasteiger partial charge in [0.1, 0.15) is 17.5 Å². The SMILES string of the molecule is CC(Nc1cccc(F)c1I)C(=O)OC(C)(C)C. The molecule has 0 bridgehead atoms. The first-order chi connectivity index (χ1) is 8.20. The van der Waals surface area contributed by atoms with E-state index in [1.54, 1.807) is 19.1 Å². The van der Waals surface area contributed by atoms with Gasteiger partial charge in [0.2, 0.25) is 0 Å². The zero-order chi connectivity index (χ0) is 13.9. The summed E-state index contributed by atoms with van der Waals surface area (Å²) in [6.45, 7) is 7.12. The summed E-state index contributed by atoms with van der Waals surface area (Å²) in [5.41, 5.74) is 0.0660. The van der Waals surface area contributed by atoms with Crippen LogP contribution in [-0.2, 0) is 9.53 Å². The molecule has 0 heterocycles. The lowest BCUT2D eigenvalue weighted by molar-refractivity contribution is -0.155. The third kappa shape index (κ3) is 4.44. The van der Waals surface area contributed by atoms with Gasteiger partial charge in [0.25, 0.3) is 0 Å². The molecular weight excluding hydrogens is 348 g/mol. The lowest BCUT2D eigenvalue weighted by Gasteiger charge is -2.23. The van der Waals surface area contributed by atoms with E-state index in [0.29, 0.717) is 9.26 Å². The highest BCUT2D eigenvalue weighted by atomic mass is 127. The van der Waals surface area contributed by atoms with Crippen LogP contribution < -0.4 is 5.32 Å². The normalized spacial score (nSPS) is 13.0. The van der Waals surface area contributed by atoms with Gasteiger partial charge in [0.15, 0.2) is 0 Å². The number of benzene rings is 1. The first-order valence-corrected chi connectivity index (χ1v) is 6.72. The maximum atomic E-state index is 13.3. The fourth-order valence-corrected chi connectivity index (χ4v) is 1.81. The molecule has 0 aromatic heterocycles. The third-order valence-corrected chi connectivity index (χ3v) is 3.18. The highest BCUT2D eigenvalue weighted by molar-refractivity contribution is 14.1. The molecule has 5 heteroatoms. The Bertz CT molecular complexity index is 443. The Morgan fingerprint density at radius 1 is 1.44 bits per heavy atom. The Morgan fingerprint density at radius 3 is 2.61 bits per heavy atom. The maximum Gasteiger partial charge on any atom is 0.328 e. The highest BCUT2D eigenvalue weighted by Crippen LogP contribution is 2.22. The number of carbonyl (C=O) groups is 1. The molecule has 1 aromatic carbocycles. The van der Waals surface area contributed by atoms with Crippen molar-refractivity contribution in [2.75, 3.05) is 5.32 Å². The van der Waals surface area contributed by atoms with Crippen LogP contribution in [-0.4, -0.2) is 17.6 Å². The largest absolute Gasteiger partial charge is 0.458 e. The van der Waals surface area contributed by atoms with E-state index >= 15 is 0 Å². The second-order valence-electron chi connectivity index (χ2n) is 5.00. The first kappa shape index (κ1) is 15.2. The van der Waals surface area contributed by atoms with Crippen LogP contribution in [0.25, 0.3) is 0 Å². The Morgan fingerprint density at radius 2 is 2.06 bits per heavy atom. The monoisotopic (exact) mass is 365 g/mol. The number of hydrogen-bond acceptors (Lipinski definition) is 3. The molecule has 18 heavy (non-hydrogen) atoms. The minimum Gasteiger partial charge on any atom is -0.458 e. The van der Waals surface area contributed by atoms with E-state index in [4.69, 9.17) is 4.74 Å². The molecule has 0 spiro atoms. The van der Waals surface area contributed by atoms with E-state index < -0.39 is 11.6 Å². The van der Waals surface area contributed by atoms with E-state index in [1.807, 2.05) is 43.4 Å². The molecule has 1 rings (SSSR count). The van der Waals surface area contributed by atoms with Crippen LogP contribution in [0.15, 0.2) is 18.2 Å². The molecule has 0 aliphatic carbocycles. The van der Waals surface area contributed by atoms with E-state index in [1.165, 1.54) is 6.07 Å². The lowest BCUT2D eigenvalue weighted by Crippen LogP contribution is -2.34. The minimum atomic E-state index is -0.528. The van der Waals surface area contributed by atoms with Gasteiger partial charge in [-0.15, -0.1) is 0 Å². The summed E-state index contributed by atoms with van der Waals surface area (Å²) in [7, 11) is 0. The standard InChI is InChI=1S/C13H17FINO2/c1-8(12(17)18-13(2,3)4)16-10-7-5-6-9(14)11(10)15/h5-8,16H,1-4H3. The van der Waals surface area contributed by atoms with Crippen LogP contribution in [0.3, 0.4) is 0 Å². The molecule has 1 atom stereocenters. The van der Waals surface area contributed by atoms with Crippen molar-refractivity contribution in [3.8, 4) is 0 Å². The molecule has 1 aromatic rings. The van der Waals surface area contributed by atoms with Crippen molar-refractivity contribution in [1.82, 2.24) is 0 Å². The van der Waals surface area contributed by atoms with Gasteiger partial charge in [0.05, 0.1) is 9.26 Å². The number of carbonyl (C=O) groups excluding carboxylic acids is 1. The molecule has 0 saturated carbocycles. The van der Waals surface area contributed by atoms with E-state index in [-0.39, 0.29) is 11.8 Å². The van der Waals surface area contributed by atoms with Crippen molar-refractivity contribution < 1.29 is 13.9 Å². The van der Waals surface area contributed by atoms with Gasteiger partial charge in [-0.3, -0.25) is 0 Å². The molecular formula is C13H17FINO2. The molecule has 0 fully saturated rings. The van der Waals surface area contributed by atoms with E-state index in [0.717, 1.165) is 0 Å². The van der Waals surface area contributed by atoms with Crippen molar-refractivity contribution in [1.29, 1.82) is 0 Å². The fraction of sp³-hybridized carbons (Fsp3) is 0.462. The van der Waals surface area contributed by atoms with Gasteiger partial charge in [-0.1, -0.05) is 6.07 Å². The number of ether oxygens (including phenoxy) is 1. The lowest BCUT2D eigenvalue weighted by atomic mass is 10.2. The smallest absolute Gasteiger partial charge is 0.328 e. The Balaban J connectivity index is 2.73. The minimum absolute atomic E-state index is 0.308.